The number of carbonyl (C=O) groups is 2. The Morgan fingerprint density at radius 3 is 2.33 bits per heavy atom. The summed E-state index contributed by atoms with van der Waals surface area (Å²) < 4.78 is 10.7. The van der Waals surface area contributed by atoms with Gasteiger partial charge in [-0.3, -0.25) is 14.5 Å². The second-order valence-corrected chi connectivity index (χ2v) is 10.5. The highest BCUT2D eigenvalue weighted by atomic mass is 16.5. The summed E-state index contributed by atoms with van der Waals surface area (Å²) in [6.07, 6.45) is 3.86. The molecule has 0 unspecified atom stereocenters. The number of ether oxygens (including phenoxy) is 2. The van der Waals surface area contributed by atoms with Gasteiger partial charge in [-0.1, -0.05) is 42.5 Å². The van der Waals surface area contributed by atoms with E-state index in [1.54, 1.807) is 14.2 Å². The normalized spacial score (nSPS) is 18.7. The quantitative estimate of drug-likeness (QED) is 0.426. The van der Waals surface area contributed by atoms with E-state index < -0.39 is 0 Å². The van der Waals surface area contributed by atoms with Crippen LogP contribution in [0.4, 0.5) is 5.69 Å². The van der Waals surface area contributed by atoms with Crippen LogP contribution in [0.1, 0.15) is 35.1 Å². The number of piperidine rings is 1. The van der Waals surface area contributed by atoms with E-state index in [4.69, 9.17) is 9.47 Å². The molecule has 7 nitrogen and oxygen atoms in total. The summed E-state index contributed by atoms with van der Waals surface area (Å²) >= 11 is 0. The SMILES string of the molecule is COc1ccc(CNC(=O)[C@H]2C[C@@H](C(=O)Nc3ccc4c(c3)CCC4)CN(Cc3ccccc3)C2)cc1OC. The van der Waals surface area contributed by atoms with Crippen molar-refractivity contribution in [3.63, 3.8) is 0 Å². The highest BCUT2D eigenvalue weighted by Gasteiger charge is 2.35. The second kappa shape index (κ2) is 12.3. The minimum atomic E-state index is -0.293. The zero-order valence-electron chi connectivity index (χ0n) is 22.7. The van der Waals surface area contributed by atoms with Crippen LogP contribution in [0.2, 0.25) is 0 Å². The van der Waals surface area contributed by atoms with Crippen LogP contribution < -0.4 is 20.1 Å². The predicted octanol–water partition coefficient (Wildman–Crippen LogP) is 4.59. The van der Waals surface area contributed by atoms with Crippen LogP contribution in [0.25, 0.3) is 0 Å². The van der Waals surface area contributed by atoms with Gasteiger partial charge in [-0.25, -0.2) is 0 Å². The molecule has 0 bridgehead atoms. The van der Waals surface area contributed by atoms with Gasteiger partial charge in [0.05, 0.1) is 26.1 Å². The lowest BCUT2D eigenvalue weighted by Crippen LogP contribution is -2.48. The van der Waals surface area contributed by atoms with Crippen LogP contribution >= 0.6 is 0 Å². The summed E-state index contributed by atoms with van der Waals surface area (Å²) in [6.45, 7) is 2.30. The van der Waals surface area contributed by atoms with Gasteiger partial charge in [0.2, 0.25) is 11.8 Å². The van der Waals surface area contributed by atoms with Crippen LogP contribution in [0, 0.1) is 11.8 Å². The molecule has 1 aliphatic carbocycles. The summed E-state index contributed by atoms with van der Waals surface area (Å²) in [6, 6.07) is 22.1. The molecule has 0 saturated carbocycles. The van der Waals surface area contributed by atoms with Crippen molar-refractivity contribution in [2.75, 3.05) is 32.6 Å². The first-order valence-electron chi connectivity index (χ1n) is 13.7. The summed E-state index contributed by atoms with van der Waals surface area (Å²) in [5, 5.41) is 6.23. The Bertz CT molecular complexity index is 1310. The second-order valence-electron chi connectivity index (χ2n) is 10.5. The molecule has 2 atom stereocenters. The zero-order valence-corrected chi connectivity index (χ0v) is 22.7. The van der Waals surface area contributed by atoms with Gasteiger partial charge in [0.1, 0.15) is 0 Å². The lowest BCUT2D eigenvalue weighted by Gasteiger charge is -2.36. The fourth-order valence-corrected chi connectivity index (χ4v) is 5.76. The number of methoxy groups -OCH3 is 2. The van der Waals surface area contributed by atoms with Crippen molar-refractivity contribution in [2.24, 2.45) is 11.8 Å². The Kier molecular flexibility index (Phi) is 8.47. The van der Waals surface area contributed by atoms with Crippen molar-refractivity contribution < 1.29 is 19.1 Å². The average molecular weight is 528 g/mol. The first-order valence-corrected chi connectivity index (χ1v) is 13.7. The monoisotopic (exact) mass is 527 g/mol. The van der Waals surface area contributed by atoms with Crippen LogP contribution in [-0.4, -0.2) is 44.0 Å². The Morgan fingerprint density at radius 1 is 0.821 bits per heavy atom. The summed E-state index contributed by atoms with van der Waals surface area (Å²) in [5.41, 5.74) is 5.64. The maximum Gasteiger partial charge on any atom is 0.228 e. The Hall–Kier alpha value is -3.84. The Labute approximate surface area is 230 Å². The number of likely N-dealkylation sites (tertiary alicyclic amines) is 1. The van der Waals surface area contributed by atoms with Crippen LogP contribution in [-0.2, 0) is 35.5 Å². The molecular formula is C32H37N3O4. The molecule has 1 aliphatic heterocycles. The van der Waals surface area contributed by atoms with Crippen molar-refractivity contribution in [3.8, 4) is 11.5 Å². The van der Waals surface area contributed by atoms with E-state index in [2.05, 4.69) is 39.8 Å². The molecule has 2 N–H and O–H groups in total. The number of hydrogen-bond acceptors (Lipinski definition) is 5. The number of amides is 2. The van der Waals surface area contributed by atoms with Crippen molar-refractivity contribution in [1.29, 1.82) is 0 Å². The summed E-state index contributed by atoms with van der Waals surface area (Å²) in [7, 11) is 3.19. The molecule has 3 aromatic rings. The van der Waals surface area contributed by atoms with E-state index in [1.807, 2.05) is 42.5 Å². The summed E-state index contributed by atoms with van der Waals surface area (Å²) in [5.74, 6) is 0.625. The van der Waals surface area contributed by atoms with Gasteiger partial charge < -0.3 is 20.1 Å². The van der Waals surface area contributed by atoms with Gasteiger partial charge in [-0.05, 0) is 72.2 Å². The lowest BCUT2D eigenvalue weighted by molar-refractivity contribution is -0.130. The molecule has 2 amide bonds. The van der Waals surface area contributed by atoms with Crippen LogP contribution in [0.15, 0.2) is 66.7 Å². The van der Waals surface area contributed by atoms with Gasteiger partial charge in [0, 0.05) is 31.9 Å². The maximum absolute atomic E-state index is 13.4. The minimum Gasteiger partial charge on any atom is -0.493 e. The lowest BCUT2D eigenvalue weighted by atomic mass is 9.87. The van der Waals surface area contributed by atoms with E-state index in [9.17, 15) is 9.59 Å². The molecule has 3 aromatic carbocycles. The van der Waals surface area contributed by atoms with Gasteiger partial charge in [-0.15, -0.1) is 0 Å². The van der Waals surface area contributed by atoms with E-state index in [0.717, 1.165) is 24.1 Å². The highest BCUT2D eigenvalue weighted by Crippen LogP contribution is 2.29. The first kappa shape index (κ1) is 26.8. The van der Waals surface area contributed by atoms with Crippen LogP contribution in [0.5, 0.6) is 11.5 Å². The van der Waals surface area contributed by atoms with Gasteiger partial charge in [0.25, 0.3) is 0 Å². The van der Waals surface area contributed by atoms with Crippen molar-refractivity contribution in [3.05, 3.63) is 89.0 Å². The number of rotatable bonds is 9. The first-order chi connectivity index (χ1) is 19.0. The van der Waals surface area contributed by atoms with Crippen LogP contribution in [0.3, 0.4) is 0 Å². The fraction of sp³-hybridized carbons (Fsp3) is 0.375. The molecule has 204 valence electrons. The third-order valence-corrected chi connectivity index (χ3v) is 7.80. The number of anilines is 1. The van der Waals surface area contributed by atoms with Gasteiger partial charge in [0.15, 0.2) is 11.5 Å². The number of carbonyl (C=O) groups excluding carboxylic acids is 2. The number of nitrogens with zero attached hydrogens (tertiary/aromatic N) is 1. The van der Waals surface area contributed by atoms with E-state index in [-0.39, 0.29) is 23.7 Å². The number of nitrogens with one attached hydrogen (secondary N) is 2. The smallest absolute Gasteiger partial charge is 0.228 e. The largest absolute Gasteiger partial charge is 0.493 e. The Balaban J connectivity index is 1.27. The number of benzene rings is 3. The van der Waals surface area contributed by atoms with Crippen molar-refractivity contribution in [1.82, 2.24) is 10.2 Å². The van der Waals surface area contributed by atoms with E-state index >= 15 is 0 Å². The molecule has 0 aromatic heterocycles. The molecular weight excluding hydrogens is 490 g/mol. The number of aryl methyl sites for hydroxylation is 2. The number of fused-ring (bicyclic) bond motifs is 1. The predicted molar refractivity (Wildman–Crippen MR) is 152 cm³/mol. The third kappa shape index (κ3) is 6.60. The van der Waals surface area contributed by atoms with E-state index in [0.29, 0.717) is 44.1 Å². The highest BCUT2D eigenvalue weighted by molar-refractivity contribution is 5.93. The van der Waals surface area contributed by atoms with Crippen molar-refractivity contribution in [2.45, 2.75) is 38.8 Å². The number of hydrogen-bond donors (Lipinski definition) is 2. The molecule has 1 heterocycles. The third-order valence-electron chi connectivity index (χ3n) is 7.80. The zero-order chi connectivity index (χ0) is 27.2. The van der Waals surface area contributed by atoms with E-state index in [1.165, 1.54) is 23.1 Å². The topological polar surface area (TPSA) is 79.9 Å². The molecule has 0 spiro atoms. The maximum atomic E-state index is 13.4. The minimum absolute atomic E-state index is 0.0246. The van der Waals surface area contributed by atoms with Crippen molar-refractivity contribution >= 4 is 17.5 Å². The van der Waals surface area contributed by atoms with Gasteiger partial charge in [-0.2, -0.15) is 0 Å². The summed E-state index contributed by atoms with van der Waals surface area (Å²) in [4.78, 5) is 29.1. The molecule has 7 heteroatoms. The standard InChI is InChI=1S/C32H37N3O4/c1-38-29-14-11-23(15-30(29)39-2)18-33-31(36)26-16-27(21-35(20-26)19-22-7-4-3-5-8-22)32(37)34-28-13-12-24-9-6-10-25(24)17-28/h3-5,7-8,11-15,17,26-27H,6,9-10,16,18-21H2,1-2H3,(H,33,36)(H,34,37)/t26-,27+/m0/s1. The fourth-order valence-electron chi connectivity index (χ4n) is 5.76. The molecule has 1 fully saturated rings. The Morgan fingerprint density at radius 2 is 1.56 bits per heavy atom. The van der Waals surface area contributed by atoms with Gasteiger partial charge >= 0.3 is 0 Å². The molecule has 2 aliphatic rings. The molecule has 5 rings (SSSR count). The average Bonchev–Trinajstić information content (AvgIpc) is 3.44. The molecule has 39 heavy (non-hydrogen) atoms. The molecule has 0 radical (unpaired) electrons. The molecule has 1 saturated heterocycles.